The number of guanidine groups is 1. The molecule has 0 fully saturated rings. The minimum absolute atomic E-state index is 0. The lowest BCUT2D eigenvalue weighted by Crippen LogP contribution is -2.38. The predicted octanol–water partition coefficient (Wildman–Crippen LogP) is 3.47. The molecule has 0 aromatic heterocycles. The van der Waals surface area contributed by atoms with E-state index in [1.165, 1.54) is 11.3 Å². The SMILES string of the molecule is CCNC(=NCc1cccc(N(C)C)c1)NCCC(C)C.I. The Morgan fingerprint density at radius 3 is 2.55 bits per heavy atom. The van der Waals surface area contributed by atoms with E-state index in [9.17, 15) is 0 Å². The average molecular weight is 418 g/mol. The van der Waals surface area contributed by atoms with Crippen LogP contribution in [0.5, 0.6) is 0 Å². The van der Waals surface area contributed by atoms with Crippen molar-refractivity contribution >= 4 is 35.6 Å². The smallest absolute Gasteiger partial charge is 0.191 e. The van der Waals surface area contributed by atoms with Crippen molar-refractivity contribution in [1.29, 1.82) is 0 Å². The quantitative estimate of drug-likeness (QED) is 0.405. The van der Waals surface area contributed by atoms with Gasteiger partial charge in [0.15, 0.2) is 5.96 Å². The number of halogens is 1. The first-order valence-electron chi connectivity index (χ1n) is 7.81. The third kappa shape index (κ3) is 8.46. The second-order valence-electron chi connectivity index (χ2n) is 5.87. The average Bonchev–Trinajstić information content (AvgIpc) is 2.44. The summed E-state index contributed by atoms with van der Waals surface area (Å²) in [5.74, 6) is 1.60. The summed E-state index contributed by atoms with van der Waals surface area (Å²) in [6.45, 7) is 9.09. The molecule has 4 nitrogen and oxygen atoms in total. The molecule has 0 atom stereocenters. The summed E-state index contributed by atoms with van der Waals surface area (Å²) in [5.41, 5.74) is 2.43. The highest BCUT2D eigenvalue weighted by atomic mass is 127. The minimum Gasteiger partial charge on any atom is -0.378 e. The van der Waals surface area contributed by atoms with E-state index >= 15 is 0 Å². The Balaban J connectivity index is 0.00000441. The van der Waals surface area contributed by atoms with Crippen LogP contribution in [0.3, 0.4) is 0 Å². The standard InChI is InChI=1S/C17H30N4.HI/c1-6-18-17(19-11-10-14(2)3)20-13-15-8-7-9-16(12-15)21(4)5;/h7-9,12,14H,6,10-11,13H2,1-5H3,(H2,18,19,20);1H. The Bertz CT molecular complexity index is 444. The van der Waals surface area contributed by atoms with Gasteiger partial charge in [0, 0.05) is 32.9 Å². The molecule has 22 heavy (non-hydrogen) atoms. The summed E-state index contributed by atoms with van der Waals surface area (Å²) >= 11 is 0. The normalized spacial score (nSPS) is 11.1. The van der Waals surface area contributed by atoms with Gasteiger partial charge in [-0.2, -0.15) is 0 Å². The molecule has 126 valence electrons. The van der Waals surface area contributed by atoms with Crippen LogP contribution in [-0.4, -0.2) is 33.1 Å². The Morgan fingerprint density at radius 1 is 1.23 bits per heavy atom. The lowest BCUT2D eigenvalue weighted by atomic mass is 10.1. The molecule has 0 unspecified atom stereocenters. The monoisotopic (exact) mass is 418 g/mol. The topological polar surface area (TPSA) is 39.7 Å². The van der Waals surface area contributed by atoms with Crippen molar-refractivity contribution in [3.63, 3.8) is 0 Å². The van der Waals surface area contributed by atoms with Gasteiger partial charge in [-0.1, -0.05) is 26.0 Å². The molecule has 0 saturated heterocycles. The van der Waals surface area contributed by atoms with Crippen LogP contribution in [0.25, 0.3) is 0 Å². The second kappa shape index (κ2) is 11.6. The number of anilines is 1. The van der Waals surface area contributed by atoms with Gasteiger partial charge in [-0.05, 0) is 37.0 Å². The molecule has 0 aliphatic rings. The van der Waals surface area contributed by atoms with Crippen LogP contribution in [0.4, 0.5) is 5.69 Å². The number of nitrogens with zero attached hydrogens (tertiary/aromatic N) is 2. The van der Waals surface area contributed by atoms with E-state index in [0.29, 0.717) is 12.5 Å². The molecule has 1 aromatic carbocycles. The van der Waals surface area contributed by atoms with Gasteiger partial charge in [0.1, 0.15) is 0 Å². The Hall–Kier alpha value is -0.980. The van der Waals surface area contributed by atoms with E-state index in [0.717, 1.165) is 25.5 Å². The maximum atomic E-state index is 4.66. The summed E-state index contributed by atoms with van der Waals surface area (Å²) < 4.78 is 0. The molecule has 0 heterocycles. The highest BCUT2D eigenvalue weighted by molar-refractivity contribution is 14.0. The van der Waals surface area contributed by atoms with E-state index in [1.807, 2.05) is 0 Å². The molecule has 2 N–H and O–H groups in total. The van der Waals surface area contributed by atoms with E-state index in [-0.39, 0.29) is 24.0 Å². The number of hydrogen-bond donors (Lipinski definition) is 2. The lowest BCUT2D eigenvalue weighted by molar-refractivity contribution is 0.573. The highest BCUT2D eigenvalue weighted by Crippen LogP contribution is 2.13. The van der Waals surface area contributed by atoms with Gasteiger partial charge in [0.25, 0.3) is 0 Å². The van der Waals surface area contributed by atoms with Crippen molar-refractivity contribution in [2.45, 2.75) is 33.7 Å². The zero-order valence-corrected chi connectivity index (χ0v) is 16.8. The van der Waals surface area contributed by atoms with E-state index in [4.69, 9.17) is 0 Å². The zero-order valence-electron chi connectivity index (χ0n) is 14.5. The van der Waals surface area contributed by atoms with Crippen LogP contribution >= 0.6 is 24.0 Å². The van der Waals surface area contributed by atoms with Gasteiger partial charge in [-0.25, -0.2) is 4.99 Å². The Morgan fingerprint density at radius 2 is 1.95 bits per heavy atom. The summed E-state index contributed by atoms with van der Waals surface area (Å²) in [6.07, 6.45) is 1.15. The summed E-state index contributed by atoms with van der Waals surface area (Å²) in [5, 5.41) is 6.68. The van der Waals surface area contributed by atoms with Crippen molar-refractivity contribution in [2.24, 2.45) is 10.9 Å². The molecule has 0 spiro atoms. The number of hydrogen-bond acceptors (Lipinski definition) is 2. The molecular formula is C17H31IN4. The molecule has 0 aliphatic heterocycles. The molecule has 5 heteroatoms. The summed E-state index contributed by atoms with van der Waals surface area (Å²) in [4.78, 5) is 6.77. The molecule has 1 aromatic rings. The van der Waals surface area contributed by atoms with Crippen molar-refractivity contribution in [3.05, 3.63) is 29.8 Å². The van der Waals surface area contributed by atoms with Gasteiger partial charge >= 0.3 is 0 Å². The number of aliphatic imine (C=N–C) groups is 1. The van der Waals surface area contributed by atoms with Crippen LogP contribution in [0.15, 0.2) is 29.3 Å². The molecule has 0 radical (unpaired) electrons. The van der Waals surface area contributed by atoms with Gasteiger partial charge in [0.2, 0.25) is 0 Å². The second-order valence-corrected chi connectivity index (χ2v) is 5.87. The maximum Gasteiger partial charge on any atom is 0.191 e. The van der Waals surface area contributed by atoms with Gasteiger partial charge in [-0.15, -0.1) is 24.0 Å². The molecule has 0 aliphatic carbocycles. The van der Waals surface area contributed by atoms with Gasteiger partial charge < -0.3 is 15.5 Å². The number of nitrogens with one attached hydrogen (secondary N) is 2. The summed E-state index contributed by atoms with van der Waals surface area (Å²) in [7, 11) is 4.11. The van der Waals surface area contributed by atoms with Crippen LogP contribution in [0, 0.1) is 5.92 Å². The fourth-order valence-corrected chi connectivity index (χ4v) is 1.92. The lowest BCUT2D eigenvalue weighted by Gasteiger charge is -2.14. The highest BCUT2D eigenvalue weighted by Gasteiger charge is 2.00. The molecule has 0 bridgehead atoms. The van der Waals surface area contributed by atoms with E-state index < -0.39 is 0 Å². The maximum absolute atomic E-state index is 4.66. The fourth-order valence-electron chi connectivity index (χ4n) is 1.92. The van der Waals surface area contributed by atoms with E-state index in [1.54, 1.807) is 0 Å². The first kappa shape index (κ1) is 21.0. The third-order valence-corrected chi connectivity index (χ3v) is 3.21. The largest absolute Gasteiger partial charge is 0.378 e. The van der Waals surface area contributed by atoms with Crippen LogP contribution in [-0.2, 0) is 6.54 Å². The minimum atomic E-state index is 0. The van der Waals surface area contributed by atoms with Crippen molar-refractivity contribution in [2.75, 3.05) is 32.1 Å². The molecule has 1 rings (SSSR count). The Labute approximate surface area is 152 Å². The third-order valence-electron chi connectivity index (χ3n) is 3.21. The first-order valence-corrected chi connectivity index (χ1v) is 7.81. The zero-order chi connectivity index (χ0) is 15.7. The molecule has 0 saturated carbocycles. The fraction of sp³-hybridized carbons (Fsp3) is 0.588. The number of benzene rings is 1. The molecular weight excluding hydrogens is 387 g/mol. The first-order chi connectivity index (χ1) is 10.0. The van der Waals surface area contributed by atoms with Gasteiger partial charge in [-0.3, -0.25) is 0 Å². The number of rotatable bonds is 7. The van der Waals surface area contributed by atoms with Crippen molar-refractivity contribution in [1.82, 2.24) is 10.6 Å². The molecule has 0 amide bonds. The summed E-state index contributed by atoms with van der Waals surface area (Å²) in [6, 6.07) is 8.49. The van der Waals surface area contributed by atoms with Crippen LogP contribution in [0.2, 0.25) is 0 Å². The Kier molecular flexibility index (Phi) is 11.1. The van der Waals surface area contributed by atoms with E-state index in [2.05, 4.69) is 79.7 Å². The van der Waals surface area contributed by atoms with Gasteiger partial charge in [0.05, 0.1) is 6.54 Å². The van der Waals surface area contributed by atoms with Crippen LogP contribution in [0.1, 0.15) is 32.8 Å². The van der Waals surface area contributed by atoms with Crippen LogP contribution < -0.4 is 15.5 Å². The predicted molar refractivity (Wildman–Crippen MR) is 108 cm³/mol. The van der Waals surface area contributed by atoms with Crippen molar-refractivity contribution in [3.8, 4) is 0 Å². The van der Waals surface area contributed by atoms with Crippen molar-refractivity contribution < 1.29 is 0 Å².